The average molecular weight is 364 g/mol. The maximum atomic E-state index is 10.1. The number of aliphatic hydroxyl groups is 3. The molecule has 0 saturated carbocycles. The summed E-state index contributed by atoms with van der Waals surface area (Å²) in [4.78, 5) is 0. The van der Waals surface area contributed by atoms with Crippen LogP contribution in [0.4, 0.5) is 0 Å². The number of ether oxygens (including phenoxy) is 1. The van der Waals surface area contributed by atoms with Gasteiger partial charge in [-0.2, -0.15) is 5.06 Å². The highest BCUT2D eigenvalue weighted by Crippen LogP contribution is 2.10. The first kappa shape index (κ1) is 22.7. The molecule has 25 heavy (non-hydrogen) atoms. The van der Waals surface area contributed by atoms with Gasteiger partial charge in [-0.1, -0.05) is 0 Å². The summed E-state index contributed by atoms with van der Waals surface area (Å²) < 4.78 is 5.87. The lowest BCUT2D eigenvalue weighted by Crippen LogP contribution is -2.52. The number of hydrogen-bond acceptors (Lipinski definition) is 9. The van der Waals surface area contributed by atoms with Crippen LogP contribution in [0, 0.1) is 0 Å². The molecule has 0 spiro atoms. The van der Waals surface area contributed by atoms with Crippen LogP contribution in [0.15, 0.2) is 0 Å². The van der Waals surface area contributed by atoms with Gasteiger partial charge in [-0.3, -0.25) is 10.6 Å². The molecule has 0 bridgehead atoms. The van der Waals surface area contributed by atoms with Crippen LogP contribution in [0.2, 0.25) is 0 Å². The van der Waals surface area contributed by atoms with E-state index in [-0.39, 0.29) is 19.1 Å². The third kappa shape index (κ3) is 10.4. The highest BCUT2D eigenvalue weighted by atomic mass is 16.5. The number of aliphatic hydroxyl groups excluding tert-OH is 3. The van der Waals surface area contributed by atoms with Crippen molar-refractivity contribution < 1.29 is 25.3 Å². The molecule has 1 rings (SSSR count). The van der Waals surface area contributed by atoms with Crippen molar-refractivity contribution in [1.29, 1.82) is 0 Å². The van der Waals surface area contributed by atoms with Crippen molar-refractivity contribution in [3.05, 3.63) is 0 Å². The van der Waals surface area contributed by atoms with Crippen molar-refractivity contribution in [2.45, 2.75) is 77.0 Å². The first-order chi connectivity index (χ1) is 11.6. The molecule has 1 aliphatic rings. The number of rotatable bonds is 1. The van der Waals surface area contributed by atoms with E-state index < -0.39 is 30.4 Å². The molecule has 150 valence electrons. The molecule has 7 N–H and O–H groups in total. The Bertz CT molecular complexity index is 369. The van der Waals surface area contributed by atoms with E-state index in [0.717, 1.165) is 5.06 Å². The zero-order valence-electron chi connectivity index (χ0n) is 15.8. The predicted octanol–water partition coefficient (Wildman–Crippen LogP) is -1.23. The van der Waals surface area contributed by atoms with E-state index in [1.54, 1.807) is 0 Å². The second-order valence-electron chi connectivity index (χ2n) is 7.69. The standard InChI is InChI=1S/C16H36N4O5/c1-11-5-6-12(21)10-20(24)15(23)9-19-14(25-16(2,3)4)8-18-13(22)7-17-11/h11-15,17-19,21-24H,5-10H2,1-4H3. The van der Waals surface area contributed by atoms with E-state index in [2.05, 4.69) is 16.0 Å². The minimum atomic E-state index is -1.17. The summed E-state index contributed by atoms with van der Waals surface area (Å²) in [5.41, 5.74) is -0.417. The van der Waals surface area contributed by atoms with Crippen molar-refractivity contribution in [3.63, 3.8) is 0 Å². The van der Waals surface area contributed by atoms with Gasteiger partial charge in [0.15, 0.2) is 0 Å². The van der Waals surface area contributed by atoms with Crippen molar-refractivity contribution in [3.8, 4) is 0 Å². The Morgan fingerprint density at radius 1 is 0.960 bits per heavy atom. The Balaban J connectivity index is 2.72. The van der Waals surface area contributed by atoms with Crippen LogP contribution >= 0.6 is 0 Å². The van der Waals surface area contributed by atoms with Crippen LogP contribution < -0.4 is 16.0 Å². The third-order valence-corrected chi connectivity index (χ3v) is 3.90. The molecule has 9 nitrogen and oxygen atoms in total. The maximum Gasteiger partial charge on any atom is 0.142 e. The SMILES string of the molecule is CC1CCC(O)CN(O)C(O)CNC(OC(C)(C)C)CNC(O)CN1. The summed E-state index contributed by atoms with van der Waals surface area (Å²) in [6.07, 6.45) is -1.98. The highest BCUT2D eigenvalue weighted by molar-refractivity contribution is 4.73. The van der Waals surface area contributed by atoms with Gasteiger partial charge >= 0.3 is 0 Å². The normalized spacial score (nSPS) is 35.8. The molecule has 5 unspecified atom stereocenters. The minimum Gasteiger partial charge on any atom is -0.392 e. The van der Waals surface area contributed by atoms with Gasteiger partial charge in [0.25, 0.3) is 0 Å². The molecule has 0 aromatic carbocycles. The topological polar surface area (TPSA) is 129 Å². The quantitative estimate of drug-likeness (QED) is 0.306. The summed E-state index contributed by atoms with van der Waals surface area (Å²) in [5.74, 6) is 0. The summed E-state index contributed by atoms with van der Waals surface area (Å²) in [6, 6.07) is 0.105. The first-order valence-corrected chi connectivity index (χ1v) is 8.94. The Morgan fingerprint density at radius 2 is 1.64 bits per heavy atom. The highest BCUT2D eigenvalue weighted by Gasteiger charge is 2.23. The summed E-state index contributed by atoms with van der Waals surface area (Å²) >= 11 is 0. The zero-order chi connectivity index (χ0) is 19.0. The van der Waals surface area contributed by atoms with E-state index in [9.17, 15) is 20.5 Å². The molecule has 0 aromatic heterocycles. The second-order valence-corrected chi connectivity index (χ2v) is 7.69. The fourth-order valence-electron chi connectivity index (χ4n) is 2.53. The first-order valence-electron chi connectivity index (χ1n) is 8.94. The van der Waals surface area contributed by atoms with E-state index >= 15 is 0 Å². The molecular formula is C16H36N4O5. The van der Waals surface area contributed by atoms with Gasteiger partial charge in [0.05, 0.1) is 18.2 Å². The Hall–Kier alpha value is -0.360. The molecule has 0 radical (unpaired) electrons. The van der Waals surface area contributed by atoms with Crippen LogP contribution in [-0.4, -0.2) is 88.2 Å². The van der Waals surface area contributed by atoms with Crippen LogP contribution in [-0.2, 0) is 4.74 Å². The van der Waals surface area contributed by atoms with Crippen LogP contribution in [0.1, 0.15) is 40.5 Å². The molecule has 1 aliphatic heterocycles. The van der Waals surface area contributed by atoms with E-state index in [4.69, 9.17) is 4.74 Å². The number of hydrogen-bond donors (Lipinski definition) is 7. The predicted molar refractivity (Wildman–Crippen MR) is 93.8 cm³/mol. The number of β-amino-alcohol motifs (C(OH)–C–C–N with tert-alkyl or cyclic N) is 3. The van der Waals surface area contributed by atoms with Crippen LogP contribution in [0.3, 0.4) is 0 Å². The lowest BCUT2D eigenvalue weighted by Gasteiger charge is -2.31. The summed E-state index contributed by atoms with van der Waals surface area (Å²) in [5, 5.41) is 49.9. The fourth-order valence-corrected chi connectivity index (χ4v) is 2.53. The molecule has 9 heteroatoms. The molecule has 1 fully saturated rings. The molecule has 1 heterocycles. The van der Waals surface area contributed by atoms with Crippen molar-refractivity contribution in [1.82, 2.24) is 21.0 Å². The van der Waals surface area contributed by atoms with E-state index in [1.807, 2.05) is 27.7 Å². The molecular weight excluding hydrogens is 328 g/mol. The number of hydroxylamine groups is 2. The van der Waals surface area contributed by atoms with Crippen molar-refractivity contribution >= 4 is 0 Å². The molecule has 0 aromatic rings. The van der Waals surface area contributed by atoms with Crippen molar-refractivity contribution in [2.24, 2.45) is 0 Å². The Kier molecular flexibility index (Phi) is 9.71. The van der Waals surface area contributed by atoms with Gasteiger partial charge in [-0.15, -0.1) is 0 Å². The van der Waals surface area contributed by atoms with Gasteiger partial charge in [0, 0.05) is 25.7 Å². The van der Waals surface area contributed by atoms with Gasteiger partial charge in [-0.05, 0) is 40.5 Å². The maximum absolute atomic E-state index is 10.1. The van der Waals surface area contributed by atoms with Gasteiger partial charge < -0.3 is 30.6 Å². The van der Waals surface area contributed by atoms with Gasteiger partial charge in [0.1, 0.15) is 18.7 Å². The Labute approximate surface area is 150 Å². The van der Waals surface area contributed by atoms with E-state index in [1.165, 1.54) is 0 Å². The molecule has 0 aliphatic carbocycles. The summed E-state index contributed by atoms with van der Waals surface area (Å²) in [6.45, 7) is 8.41. The van der Waals surface area contributed by atoms with Crippen LogP contribution in [0.5, 0.6) is 0 Å². The molecule has 5 atom stereocenters. The smallest absolute Gasteiger partial charge is 0.142 e. The lowest BCUT2D eigenvalue weighted by atomic mass is 10.1. The minimum absolute atomic E-state index is 0.0404. The second kappa shape index (κ2) is 10.7. The largest absolute Gasteiger partial charge is 0.392 e. The lowest BCUT2D eigenvalue weighted by molar-refractivity contribution is -0.209. The monoisotopic (exact) mass is 364 g/mol. The number of nitrogens with zero attached hydrogens (tertiary/aromatic N) is 1. The fraction of sp³-hybridized carbons (Fsp3) is 1.00. The third-order valence-electron chi connectivity index (χ3n) is 3.90. The average Bonchev–Trinajstić information content (AvgIpc) is 2.51. The summed E-state index contributed by atoms with van der Waals surface area (Å²) in [7, 11) is 0. The molecule has 1 saturated heterocycles. The van der Waals surface area contributed by atoms with Gasteiger partial charge in [0.2, 0.25) is 0 Å². The Morgan fingerprint density at radius 3 is 2.28 bits per heavy atom. The van der Waals surface area contributed by atoms with E-state index in [0.29, 0.717) is 25.9 Å². The van der Waals surface area contributed by atoms with Crippen molar-refractivity contribution in [2.75, 3.05) is 26.2 Å². The van der Waals surface area contributed by atoms with Crippen LogP contribution in [0.25, 0.3) is 0 Å². The number of nitrogens with one attached hydrogen (secondary N) is 3. The van der Waals surface area contributed by atoms with Gasteiger partial charge in [-0.25, -0.2) is 0 Å². The zero-order valence-corrected chi connectivity index (χ0v) is 15.8. The molecule has 0 amide bonds.